The highest BCUT2D eigenvalue weighted by molar-refractivity contribution is 7.84. The van der Waals surface area contributed by atoms with Gasteiger partial charge in [-0.25, -0.2) is 0 Å². The molecule has 1 N–H and O–H groups in total. The van der Waals surface area contributed by atoms with E-state index in [0.717, 1.165) is 32.1 Å². The maximum absolute atomic E-state index is 12.5. The van der Waals surface area contributed by atoms with E-state index in [-0.39, 0.29) is 16.9 Å². The number of benzene rings is 1. The predicted molar refractivity (Wildman–Crippen MR) is 116 cm³/mol. The van der Waals surface area contributed by atoms with E-state index in [9.17, 15) is 13.5 Å². The molecule has 4 aliphatic carbocycles. The van der Waals surface area contributed by atoms with Gasteiger partial charge in [-0.05, 0) is 73.1 Å². The van der Waals surface area contributed by atoms with Crippen LogP contribution in [0.15, 0.2) is 30.4 Å². The zero-order valence-electron chi connectivity index (χ0n) is 18.2. The molecule has 4 aliphatic rings. The monoisotopic (exact) mass is 431 g/mol. The maximum Gasteiger partial charge on any atom is 0.385 e. The van der Waals surface area contributed by atoms with Crippen LogP contribution in [0, 0.1) is 22.7 Å². The van der Waals surface area contributed by atoms with Crippen molar-refractivity contribution in [1.82, 2.24) is 4.31 Å². The summed E-state index contributed by atoms with van der Waals surface area (Å²) in [5, 5.41) is 10.9. The van der Waals surface area contributed by atoms with Gasteiger partial charge in [-0.3, -0.25) is 0 Å². The van der Waals surface area contributed by atoms with Crippen LogP contribution in [0.2, 0.25) is 0 Å². The molecule has 2 saturated carbocycles. The largest absolute Gasteiger partial charge is 0.393 e. The second-order valence-corrected chi connectivity index (χ2v) is 11.4. The third-order valence-electron chi connectivity index (χ3n) is 8.96. The van der Waals surface area contributed by atoms with E-state index in [1.165, 1.54) is 15.4 Å². The van der Waals surface area contributed by atoms with E-state index in [1.54, 1.807) is 0 Å². The summed E-state index contributed by atoms with van der Waals surface area (Å²) in [5.74, 6) is 1.96. The quantitative estimate of drug-likeness (QED) is 0.715. The molecule has 0 aromatic heterocycles. The lowest BCUT2D eigenvalue weighted by atomic mass is 9.42. The third-order valence-corrected chi connectivity index (χ3v) is 10.5. The van der Waals surface area contributed by atoms with Gasteiger partial charge >= 0.3 is 10.3 Å². The molecule has 1 spiro atoms. The average molecular weight is 432 g/mol. The van der Waals surface area contributed by atoms with Crippen molar-refractivity contribution in [2.75, 3.05) is 13.1 Å². The Morgan fingerprint density at radius 1 is 1.23 bits per heavy atom. The Hall–Kier alpha value is -1.37. The minimum Gasteiger partial charge on any atom is -0.393 e. The normalized spacial score (nSPS) is 39.0. The first-order valence-corrected chi connectivity index (χ1v) is 12.8. The molecule has 5 nitrogen and oxygen atoms in total. The SMILES string of the molecule is CCN(CC)S(=O)(=O)Oc1ccc2c(c1)CC[C@@H]1C2CC[C@]2(C)[C@@H](O)C[C@@H]3C=C[C@@]132. The Kier molecular flexibility index (Phi) is 4.66. The van der Waals surface area contributed by atoms with Crippen molar-refractivity contribution in [3.63, 3.8) is 0 Å². The summed E-state index contributed by atoms with van der Waals surface area (Å²) in [5.41, 5.74) is 2.71. The molecular weight excluding hydrogens is 398 g/mol. The maximum atomic E-state index is 12.5. The number of aliphatic hydroxyl groups is 1. The lowest BCUT2D eigenvalue weighted by Crippen LogP contribution is -2.56. The van der Waals surface area contributed by atoms with Crippen LogP contribution in [0.5, 0.6) is 5.75 Å². The van der Waals surface area contributed by atoms with E-state index in [2.05, 4.69) is 25.1 Å². The highest BCUT2D eigenvalue weighted by Gasteiger charge is 2.69. The molecule has 0 saturated heterocycles. The number of hydrogen-bond donors (Lipinski definition) is 1. The van der Waals surface area contributed by atoms with Gasteiger partial charge in [0.25, 0.3) is 0 Å². The highest BCUT2D eigenvalue weighted by atomic mass is 32.2. The zero-order chi connectivity index (χ0) is 21.3. The second-order valence-electron chi connectivity index (χ2n) is 9.84. The number of rotatable bonds is 5. The molecule has 6 atom stereocenters. The second kappa shape index (κ2) is 6.81. The number of hydrogen-bond acceptors (Lipinski definition) is 4. The van der Waals surface area contributed by atoms with Crippen LogP contribution in [-0.2, 0) is 16.7 Å². The summed E-state index contributed by atoms with van der Waals surface area (Å²) in [6.07, 6.45) is 9.60. The molecule has 0 radical (unpaired) electrons. The number of nitrogens with zero attached hydrogens (tertiary/aromatic N) is 1. The molecule has 30 heavy (non-hydrogen) atoms. The van der Waals surface area contributed by atoms with Gasteiger partial charge in [0.1, 0.15) is 5.75 Å². The molecular formula is C24H33NO4S. The van der Waals surface area contributed by atoms with Crippen molar-refractivity contribution < 1.29 is 17.7 Å². The van der Waals surface area contributed by atoms with E-state index < -0.39 is 10.3 Å². The Labute approximate surface area is 180 Å². The summed E-state index contributed by atoms with van der Waals surface area (Å²) in [7, 11) is -3.76. The molecule has 5 rings (SSSR count). The van der Waals surface area contributed by atoms with E-state index in [4.69, 9.17) is 4.18 Å². The molecule has 0 bridgehead atoms. The highest BCUT2D eigenvalue weighted by Crippen LogP contribution is 2.74. The number of fused-ring (bicyclic) bond motifs is 3. The summed E-state index contributed by atoms with van der Waals surface area (Å²) in [4.78, 5) is 0. The summed E-state index contributed by atoms with van der Waals surface area (Å²) in [6, 6.07) is 5.86. The predicted octanol–water partition coefficient (Wildman–Crippen LogP) is 4.04. The molecule has 164 valence electrons. The Balaban J connectivity index is 1.44. The fourth-order valence-corrected chi connectivity index (χ4v) is 8.45. The molecule has 0 amide bonds. The molecule has 1 aromatic carbocycles. The van der Waals surface area contributed by atoms with Crippen molar-refractivity contribution >= 4 is 10.3 Å². The summed E-state index contributed by atoms with van der Waals surface area (Å²) >= 11 is 0. The van der Waals surface area contributed by atoms with Crippen molar-refractivity contribution in [3.8, 4) is 5.75 Å². The fourth-order valence-electron chi connectivity index (χ4n) is 7.36. The lowest BCUT2D eigenvalue weighted by Gasteiger charge is -2.61. The average Bonchev–Trinajstić information content (AvgIpc) is 2.85. The van der Waals surface area contributed by atoms with Gasteiger partial charge in [0.05, 0.1) is 6.10 Å². The van der Waals surface area contributed by atoms with Crippen LogP contribution in [0.25, 0.3) is 0 Å². The van der Waals surface area contributed by atoms with E-state index in [0.29, 0.717) is 36.6 Å². The van der Waals surface area contributed by atoms with Crippen LogP contribution in [-0.4, -0.2) is 37.0 Å². The van der Waals surface area contributed by atoms with Gasteiger partial charge in [-0.15, -0.1) is 0 Å². The minimum atomic E-state index is -3.76. The summed E-state index contributed by atoms with van der Waals surface area (Å²) in [6.45, 7) is 6.73. The number of aryl methyl sites for hydroxylation is 1. The zero-order valence-corrected chi connectivity index (χ0v) is 19.0. The topological polar surface area (TPSA) is 66.8 Å². The smallest absolute Gasteiger partial charge is 0.385 e. The van der Waals surface area contributed by atoms with Crippen LogP contribution in [0.1, 0.15) is 63.5 Å². The van der Waals surface area contributed by atoms with Crippen molar-refractivity contribution in [2.45, 2.75) is 64.9 Å². The van der Waals surface area contributed by atoms with Crippen LogP contribution < -0.4 is 4.18 Å². The Morgan fingerprint density at radius 3 is 2.67 bits per heavy atom. The minimum absolute atomic E-state index is 0.00796. The Bertz CT molecular complexity index is 985. The molecule has 2 fully saturated rings. The fraction of sp³-hybridized carbons (Fsp3) is 0.667. The molecule has 0 aliphatic heterocycles. The van der Waals surface area contributed by atoms with Crippen molar-refractivity contribution in [2.24, 2.45) is 22.7 Å². The van der Waals surface area contributed by atoms with Crippen LogP contribution in [0.4, 0.5) is 0 Å². The molecule has 1 aromatic rings. The first kappa shape index (κ1) is 20.5. The van der Waals surface area contributed by atoms with E-state index >= 15 is 0 Å². The van der Waals surface area contributed by atoms with E-state index in [1.807, 2.05) is 26.0 Å². The standard InChI is InChI=1S/C24H33NO4S/c1-4-25(5-2)30(27,28)29-18-7-8-19-16(14-18)6-9-21-20(19)11-12-23(3)22(26)15-17-10-13-24(17,21)23/h7-8,10,13-14,17,20-22,26H,4-6,9,11-12,15H2,1-3H3/t17-,20?,21+,22-,23+,24-/m0/s1. The molecule has 6 heteroatoms. The molecule has 1 unspecified atom stereocenters. The Morgan fingerprint density at radius 2 is 2.00 bits per heavy atom. The van der Waals surface area contributed by atoms with Gasteiger partial charge in [-0.1, -0.05) is 39.0 Å². The first-order valence-electron chi connectivity index (χ1n) is 11.5. The van der Waals surface area contributed by atoms with Crippen LogP contribution in [0.3, 0.4) is 0 Å². The summed E-state index contributed by atoms with van der Waals surface area (Å²) < 4.78 is 31.8. The van der Waals surface area contributed by atoms with Crippen molar-refractivity contribution in [1.29, 1.82) is 0 Å². The lowest BCUT2D eigenvalue weighted by molar-refractivity contribution is -0.0828. The van der Waals surface area contributed by atoms with Gasteiger partial charge in [0.15, 0.2) is 0 Å². The van der Waals surface area contributed by atoms with Gasteiger partial charge in [-0.2, -0.15) is 12.7 Å². The third kappa shape index (κ3) is 2.56. The number of aliphatic hydroxyl groups excluding tert-OH is 1. The van der Waals surface area contributed by atoms with Gasteiger partial charge in [0.2, 0.25) is 0 Å². The van der Waals surface area contributed by atoms with Gasteiger partial charge in [0, 0.05) is 23.9 Å². The number of allylic oxidation sites excluding steroid dienone is 2. The van der Waals surface area contributed by atoms with Crippen LogP contribution >= 0.6 is 0 Å². The first-order chi connectivity index (χ1) is 14.3. The van der Waals surface area contributed by atoms with Gasteiger partial charge < -0.3 is 9.29 Å². The van der Waals surface area contributed by atoms with Crippen molar-refractivity contribution in [3.05, 3.63) is 41.5 Å². The molecule has 0 heterocycles.